The van der Waals surface area contributed by atoms with Crippen molar-refractivity contribution in [2.45, 2.75) is 57.4 Å². The summed E-state index contributed by atoms with van der Waals surface area (Å²) >= 11 is 0. The fourth-order valence-electron chi connectivity index (χ4n) is 4.15. The molecule has 1 aliphatic rings. The van der Waals surface area contributed by atoms with Crippen molar-refractivity contribution < 1.29 is 13.2 Å². The summed E-state index contributed by atoms with van der Waals surface area (Å²) in [5, 5.41) is 6.18. The van der Waals surface area contributed by atoms with Crippen molar-refractivity contribution >= 4 is 21.7 Å². The molecule has 168 valence electrons. The average Bonchev–Trinajstić information content (AvgIpc) is 2.75. The molecule has 0 bridgehead atoms. The Kier molecular flexibility index (Phi) is 8.09. The minimum Gasteiger partial charge on any atom is -0.312 e. The van der Waals surface area contributed by atoms with Gasteiger partial charge in [-0.2, -0.15) is 0 Å². The maximum Gasteiger partial charge on any atom is 0.333 e. The SMILES string of the molecule is Cc1ccc(S(=O)(=O)NC(=O)Nc2ccccc2CNCC(C)C2CCCCC2)cc1. The van der Waals surface area contributed by atoms with Gasteiger partial charge in [0.05, 0.1) is 4.90 Å². The quantitative estimate of drug-likeness (QED) is 0.546. The number of hydrogen-bond donors (Lipinski definition) is 3. The van der Waals surface area contributed by atoms with Crippen molar-refractivity contribution in [3.8, 4) is 0 Å². The number of para-hydroxylation sites is 1. The molecule has 3 rings (SSSR count). The summed E-state index contributed by atoms with van der Waals surface area (Å²) in [6.45, 7) is 5.71. The number of rotatable bonds is 8. The van der Waals surface area contributed by atoms with Gasteiger partial charge in [0.15, 0.2) is 0 Å². The van der Waals surface area contributed by atoms with Crippen LogP contribution in [-0.4, -0.2) is 21.0 Å². The van der Waals surface area contributed by atoms with E-state index in [1.807, 2.05) is 25.1 Å². The summed E-state index contributed by atoms with van der Waals surface area (Å²) in [6.07, 6.45) is 6.66. The Hall–Kier alpha value is -2.38. The van der Waals surface area contributed by atoms with Crippen molar-refractivity contribution in [3.05, 3.63) is 59.7 Å². The fraction of sp³-hybridized carbons (Fsp3) is 0.458. The summed E-state index contributed by atoms with van der Waals surface area (Å²) in [7, 11) is -3.93. The monoisotopic (exact) mass is 443 g/mol. The van der Waals surface area contributed by atoms with E-state index in [1.54, 1.807) is 18.2 Å². The molecule has 6 nitrogen and oxygen atoms in total. The van der Waals surface area contributed by atoms with Gasteiger partial charge in [0.25, 0.3) is 10.0 Å². The van der Waals surface area contributed by atoms with Crippen LogP contribution >= 0.6 is 0 Å². The highest BCUT2D eigenvalue weighted by Gasteiger charge is 2.20. The minimum absolute atomic E-state index is 0.0555. The van der Waals surface area contributed by atoms with Crippen molar-refractivity contribution in [2.24, 2.45) is 11.8 Å². The van der Waals surface area contributed by atoms with Gasteiger partial charge in [-0.05, 0) is 49.1 Å². The predicted octanol–water partition coefficient (Wildman–Crippen LogP) is 4.81. The number of anilines is 1. The fourth-order valence-corrected chi connectivity index (χ4v) is 5.05. The van der Waals surface area contributed by atoms with Crippen LogP contribution in [0.1, 0.15) is 50.2 Å². The van der Waals surface area contributed by atoms with E-state index in [2.05, 4.69) is 22.3 Å². The highest BCUT2D eigenvalue weighted by Crippen LogP contribution is 2.29. The molecule has 7 heteroatoms. The molecule has 3 N–H and O–H groups in total. The van der Waals surface area contributed by atoms with Crippen LogP contribution in [0.3, 0.4) is 0 Å². The normalized spacial score (nSPS) is 15.9. The topological polar surface area (TPSA) is 87.3 Å². The Bertz CT molecular complexity index is 968. The van der Waals surface area contributed by atoms with Crippen LogP contribution in [0.2, 0.25) is 0 Å². The lowest BCUT2D eigenvalue weighted by molar-refractivity contribution is 0.256. The summed E-state index contributed by atoms with van der Waals surface area (Å²) in [6, 6.07) is 13.0. The minimum atomic E-state index is -3.93. The lowest BCUT2D eigenvalue weighted by atomic mass is 9.81. The largest absolute Gasteiger partial charge is 0.333 e. The van der Waals surface area contributed by atoms with Gasteiger partial charge in [-0.25, -0.2) is 17.9 Å². The van der Waals surface area contributed by atoms with Crippen LogP contribution in [0.4, 0.5) is 10.5 Å². The van der Waals surface area contributed by atoms with E-state index in [1.165, 1.54) is 44.2 Å². The standard InChI is InChI=1S/C24H33N3O3S/c1-18-12-14-22(15-13-18)31(29,30)27-24(28)26-23-11-7-6-10-21(23)17-25-16-19(2)20-8-4-3-5-9-20/h6-7,10-15,19-20,25H,3-5,8-9,16-17H2,1-2H3,(H2,26,27,28). The first-order valence-electron chi connectivity index (χ1n) is 11.0. The van der Waals surface area contributed by atoms with Crippen LogP contribution in [0.5, 0.6) is 0 Å². The van der Waals surface area contributed by atoms with E-state index in [0.29, 0.717) is 18.2 Å². The number of carbonyl (C=O) groups excluding carboxylic acids is 1. The molecule has 1 atom stereocenters. The Balaban J connectivity index is 1.55. The van der Waals surface area contributed by atoms with Gasteiger partial charge in [0.2, 0.25) is 0 Å². The van der Waals surface area contributed by atoms with Crippen molar-refractivity contribution in [1.29, 1.82) is 0 Å². The van der Waals surface area contributed by atoms with E-state index < -0.39 is 16.1 Å². The molecule has 2 amide bonds. The maximum absolute atomic E-state index is 12.4. The van der Waals surface area contributed by atoms with E-state index in [9.17, 15) is 13.2 Å². The van der Waals surface area contributed by atoms with E-state index >= 15 is 0 Å². The molecule has 1 fully saturated rings. The molecule has 1 unspecified atom stereocenters. The second kappa shape index (κ2) is 10.8. The zero-order chi connectivity index (χ0) is 22.3. The summed E-state index contributed by atoms with van der Waals surface area (Å²) < 4.78 is 27.0. The molecule has 2 aromatic carbocycles. The van der Waals surface area contributed by atoms with Gasteiger partial charge in [-0.1, -0.05) is 74.9 Å². The number of aryl methyl sites for hydroxylation is 1. The third kappa shape index (κ3) is 6.80. The number of sulfonamides is 1. The van der Waals surface area contributed by atoms with Crippen LogP contribution in [0.15, 0.2) is 53.4 Å². The molecule has 0 aliphatic heterocycles. The van der Waals surface area contributed by atoms with Gasteiger partial charge >= 0.3 is 6.03 Å². The number of hydrogen-bond acceptors (Lipinski definition) is 4. The molecule has 1 saturated carbocycles. The highest BCUT2D eigenvalue weighted by molar-refractivity contribution is 7.90. The zero-order valence-electron chi connectivity index (χ0n) is 18.4. The lowest BCUT2D eigenvalue weighted by Crippen LogP contribution is -2.34. The zero-order valence-corrected chi connectivity index (χ0v) is 19.2. The molecule has 1 aliphatic carbocycles. The van der Waals surface area contributed by atoms with Gasteiger partial charge in [0, 0.05) is 12.2 Å². The third-order valence-corrected chi connectivity index (χ3v) is 7.41. The number of benzene rings is 2. The van der Waals surface area contributed by atoms with Gasteiger partial charge < -0.3 is 10.6 Å². The average molecular weight is 444 g/mol. The summed E-state index contributed by atoms with van der Waals surface area (Å²) in [5.41, 5.74) is 2.46. The van der Waals surface area contributed by atoms with Crippen LogP contribution in [0.25, 0.3) is 0 Å². The first-order chi connectivity index (χ1) is 14.8. The summed E-state index contributed by atoms with van der Waals surface area (Å²) in [4.78, 5) is 12.4. The number of carbonyl (C=O) groups is 1. The van der Waals surface area contributed by atoms with Crippen molar-refractivity contribution in [3.63, 3.8) is 0 Å². The Morgan fingerprint density at radius 2 is 1.71 bits per heavy atom. The van der Waals surface area contributed by atoms with Gasteiger partial charge in [0.1, 0.15) is 0 Å². The number of urea groups is 1. The van der Waals surface area contributed by atoms with E-state index in [-0.39, 0.29) is 4.90 Å². The molecule has 0 saturated heterocycles. The Labute approximate surface area is 185 Å². The predicted molar refractivity (Wildman–Crippen MR) is 124 cm³/mol. The van der Waals surface area contributed by atoms with E-state index in [0.717, 1.165) is 23.6 Å². The maximum atomic E-state index is 12.4. The molecule has 31 heavy (non-hydrogen) atoms. The first kappa shape index (κ1) is 23.3. The lowest BCUT2D eigenvalue weighted by Gasteiger charge is -2.28. The molecule has 0 spiro atoms. The number of nitrogens with one attached hydrogen (secondary N) is 3. The Morgan fingerprint density at radius 1 is 1.03 bits per heavy atom. The molecule has 0 heterocycles. The number of amides is 2. The van der Waals surface area contributed by atoms with Gasteiger partial charge in [-0.3, -0.25) is 0 Å². The van der Waals surface area contributed by atoms with E-state index in [4.69, 9.17) is 0 Å². The smallest absolute Gasteiger partial charge is 0.312 e. The Morgan fingerprint density at radius 3 is 2.42 bits per heavy atom. The second-order valence-corrected chi connectivity index (χ2v) is 10.2. The first-order valence-corrected chi connectivity index (χ1v) is 12.5. The third-order valence-electron chi connectivity index (χ3n) is 6.06. The second-order valence-electron chi connectivity index (χ2n) is 8.54. The summed E-state index contributed by atoms with van der Waals surface area (Å²) in [5.74, 6) is 1.40. The molecular weight excluding hydrogens is 410 g/mol. The van der Waals surface area contributed by atoms with Crippen LogP contribution in [-0.2, 0) is 16.6 Å². The highest BCUT2D eigenvalue weighted by atomic mass is 32.2. The van der Waals surface area contributed by atoms with Crippen LogP contribution in [0, 0.1) is 18.8 Å². The van der Waals surface area contributed by atoms with Crippen molar-refractivity contribution in [2.75, 3.05) is 11.9 Å². The molecular formula is C24H33N3O3S. The molecule has 2 aromatic rings. The van der Waals surface area contributed by atoms with Gasteiger partial charge in [-0.15, -0.1) is 0 Å². The van der Waals surface area contributed by atoms with Crippen LogP contribution < -0.4 is 15.4 Å². The molecule has 0 radical (unpaired) electrons. The molecule has 0 aromatic heterocycles. The van der Waals surface area contributed by atoms with Crippen molar-refractivity contribution in [1.82, 2.24) is 10.0 Å².